The summed E-state index contributed by atoms with van der Waals surface area (Å²) in [6, 6.07) is 5.37. The van der Waals surface area contributed by atoms with E-state index in [4.69, 9.17) is 11.6 Å². The lowest BCUT2D eigenvalue weighted by Gasteiger charge is -2.33. The summed E-state index contributed by atoms with van der Waals surface area (Å²) in [6.07, 6.45) is -5.07. The Kier molecular flexibility index (Phi) is 6.45. The van der Waals surface area contributed by atoms with Crippen molar-refractivity contribution >= 4 is 60.9 Å². The minimum Gasteiger partial charge on any atom is -0.362 e. The van der Waals surface area contributed by atoms with Crippen LogP contribution in [0.2, 0.25) is 5.02 Å². The van der Waals surface area contributed by atoms with Gasteiger partial charge in [-0.3, -0.25) is 4.79 Å². The van der Waals surface area contributed by atoms with Gasteiger partial charge in [-0.1, -0.05) is 39.7 Å². The molecule has 0 spiro atoms. The molecule has 0 bridgehead atoms. The van der Waals surface area contributed by atoms with Gasteiger partial charge in [-0.05, 0) is 39.7 Å². The van der Waals surface area contributed by atoms with E-state index in [1.165, 1.54) is 0 Å². The maximum atomic E-state index is 14.1. The predicted octanol–water partition coefficient (Wildman–Crippen LogP) is 7.25. The number of anilines is 2. The topological polar surface area (TPSA) is 59.0 Å². The second-order valence-electron chi connectivity index (χ2n) is 7.20. The van der Waals surface area contributed by atoms with Crippen LogP contribution in [-0.4, -0.2) is 21.9 Å². The molecule has 0 saturated carbocycles. The van der Waals surface area contributed by atoms with Crippen molar-refractivity contribution in [2.75, 3.05) is 10.6 Å². The Morgan fingerprint density at radius 2 is 1.85 bits per heavy atom. The largest absolute Gasteiger partial charge is 0.410 e. The van der Waals surface area contributed by atoms with Gasteiger partial charge in [0.2, 0.25) is 0 Å². The predicted molar refractivity (Wildman–Crippen MR) is 119 cm³/mol. The SMILES string of the molecule is O=C(Nc1c(F)cc(F)cc1Br)c1nn2c(c1Cl)N[C@H](c1ccc(Br)cc1)C[C@@H]2C(F)(F)F. The molecule has 174 valence electrons. The van der Waals surface area contributed by atoms with Gasteiger partial charge in [0.05, 0.1) is 11.7 Å². The van der Waals surface area contributed by atoms with Crippen LogP contribution < -0.4 is 10.6 Å². The Morgan fingerprint density at radius 3 is 2.45 bits per heavy atom. The lowest BCUT2D eigenvalue weighted by molar-refractivity contribution is -0.173. The molecule has 33 heavy (non-hydrogen) atoms. The third-order valence-electron chi connectivity index (χ3n) is 5.03. The monoisotopic (exact) mass is 612 g/mol. The number of alkyl halides is 3. The minimum absolute atomic E-state index is 0.102. The third kappa shape index (κ3) is 4.73. The van der Waals surface area contributed by atoms with E-state index in [2.05, 4.69) is 47.6 Å². The maximum Gasteiger partial charge on any atom is 0.410 e. The van der Waals surface area contributed by atoms with Crippen molar-refractivity contribution in [3.05, 3.63) is 73.3 Å². The molecule has 0 saturated heterocycles. The first-order valence-corrected chi connectivity index (χ1v) is 11.2. The third-order valence-corrected chi connectivity index (χ3v) is 6.54. The fourth-order valence-electron chi connectivity index (χ4n) is 3.48. The minimum atomic E-state index is -4.68. The average Bonchev–Trinajstić information content (AvgIpc) is 3.06. The lowest BCUT2D eigenvalue weighted by Crippen LogP contribution is -2.35. The molecule has 2 heterocycles. The molecule has 0 radical (unpaired) electrons. The zero-order valence-electron chi connectivity index (χ0n) is 16.2. The molecule has 13 heteroatoms. The van der Waals surface area contributed by atoms with Crippen molar-refractivity contribution in [3.8, 4) is 0 Å². The van der Waals surface area contributed by atoms with Gasteiger partial charge in [0, 0.05) is 21.4 Å². The summed E-state index contributed by atoms with van der Waals surface area (Å²) < 4.78 is 70.3. The Bertz CT molecular complexity index is 1210. The van der Waals surface area contributed by atoms with Gasteiger partial charge in [0.15, 0.2) is 17.6 Å². The maximum absolute atomic E-state index is 14.1. The van der Waals surface area contributed by atoms with E-state index in [0.29, 0.717) is 16.3 Å². The van der Waals surface area contributed by atoms with Crippen LogP contribution in [0.3, 0.4) is 0 Å². The average molecular weight is 615 g/mol. The molecule has 1 amide bonds. The summed E-state index contributed by atoms with van der Waals surface area (Å²) in [4.78, 5) is 12.7. The Morgan fingerprint density at radius 1 is 1.18 bits per heavy atom. The van der Waals surface area contributed by atoms with E-state index >= 15 is 0 Å². The number of aromatic nitrogens is 2. The quantitative estimate of drug-likeness (QED) is 0.306. The summed E-state index contributed by atoms with van der Waals surface area (Å²) in [5.41, 5.74) is -0.365. The first-order valence-electron chi connectivity index (χ1n) is 9.28. The van der Waals surface area contributed by atoms with Crippen molar-refractivity contribution in [3.63, 3.8) is 0 Å². The standard InChI is InChI=1S/C20H12Br2ClF5N4O/c21-9-3-1-8(2-4-9)13-7-14(20(26,27)28)32-18(29-13)15(23)17(31-32)19(33)30-16-11(22)5-10(24)6-12(16)25/h1-6,13-14,29H,7H2,(H,30,33)/t13-,14+/m0/s1. The molecule has 0 fully saturated rings. The van der Waals surface area contributed by atoms with E-state index in [-0.39, 0.29) is 15.3 Å². The van der Waals surface area contributed by atoms with Gasteiger partial charge in [0.25, 0.3) is 5.91 Å². The highest BCUT2D eigenvalue weighted by molar-refractivity contribution is 9.10. The van der Waals surface area contributed by atoms with Crippen LogP contribution in [0, 0.1) is 11.6 Å². The van der Waals surface area contributed by atoms with E-state index in [9.17, 15) is 26.7 Å². The zero-order chi connectivity index (χ0) is 24.1. The molecule has 4 rings (SSSR count). The van der Waals surface area contributed by atoms with Gasteiger partial charge in [0.1, 0.15) is 16.7 Å². The molecule has 0 aliphatic carbocycles. The number of benzene rings is 2. The number of amides is 1. The molecule has 1 aliphatic heterocycles. The van der Waals surface area contributed by atoms with E-state index in [1.807, 2.05) is 0 Å². The molecule has 2 aromatic carbocycles. The number of carbonyl (C=O) groups excluding carboxylic acids is 1. The summed E-state index contributed by atoms with van der Waals surface area (Å²) >= 11 is 12.5. The van der Waals surface area contributed by atoms with Crippen molar-refractivity contribution < 1.29 is 26.7 Å². The fourth-order valence-corrected chi connectivity index (χ4v) is 4.52. The van der Waals surface area contributed by atoms with Crippen molar-refractivity contribution in [1.29, 1.82) is 0 Å². The molecule has 1 aromatic heterocycles. The number of nitrogens with zero attached hydrogens (tertiary/aromatic N) is 2. The van der Waals surface area contributed by atoms with Crippen LogP contribution in [0.1, 0.15) is 34.6 Å². The van der Waals surface area contributed by atoms with Crippen molar-refractivity contribution in [1.82, 2.24) is 9.78 Å². The number of rotatable bonds is 3. The fraction of sp³-hybridized carbons (Fsp3) is 0.200. The number of hydrogen-bond donors (Lipinski definition) is 2. The molecular weight excluding hydrogens is 602 g/mol. The summed E-state index contributed by atoms with van der Waals surface area (Å²) in [5, 5.41) is 8.51. The van der Waals surface area contributed by atoms with Crippen molar-refractivity contribution in [2.24, 2.45) is 0 Å². The van der Waals surface area contributed by atoms with Gasteiger partial charge in [-0.2, -0.15) is 18.3 Å². The van der Waals surface area contributed by atoms with Gasteiger partial charge in [-0.15, -0.1) is 0 Å². The highest BCUT2D eigenvalue weighted by Gasteiger charge is 2.48. The van der Waals surface area contributed by atoms with Crippen LogP contribution >= 0.6 is 43.5 Å². The summed E-state index contributed by atoms with van der Waals surface area (Å²) in [6.45, 7) is 0. The lowest BCUT2D eigenvalue weighted by atomic mass is 9.97. The van der Waals surface area contributed by atoms with Crippen LogP contribution in [0.15, 0.2) is 45.3 Å². The highest BCUT2D eigenvalue weighted by atomic mass is 79.9. The summed E-state index contributed by atoms with van der Waals surface area (Å²) in [7, 11) is 0. The van der Waals surface area contributed by atoms with Crippen LogP contribution in [0.25, 0.3) is 0 Å². The van der Waals surface area contributed by atoms with Gasteiger partial charge < -0.3 is 10.6 Å². The highest BCUT2D eigenvalue weighted by Crippen LogP contribution is 2.46. The Balaban J connectivity index is 1.72. The molecule has 3 aromatic rings. The van der Waals surface area contributed by atoms with Crippen molar-refractivity contribution in [2.45, 2.75) is 24.7 Å². The van der Waals surface area contributed by atoms with Gasteiger partial charge in [-0.25, -0.2) is 13.5 Å². The number of fused-ring (bicyclic) bond motifs is 1. The molecule has 0 unspecified atom stereocenters. The molecule has 5 nitrogen and oxygen atoms in total. The Hall–Kier alpha value is -2.18. The summed E-state index contributed by atoms with van der Waals surface area (Å²) in [5.74, 6) is -3.22. The normalized spacial score (nSPS) is 17.9. The first-order chi connectivity index (χ1) is 15.5. The Labute approximate surface area is 205 Å². The molecule has 1 aliphatic rings. The van der Waals surface area contributed by atoms with Crippen LogP contribution in [0.4, 0.5) is 33.5 Å². The molecule has 2 atom stereocenters. The van der Waals surface area contributed by atoms with Crippen LogP contribution in [-0.2, 0) is 0 Å². The second kappa shape index (κ2) is 8.88. The smallest absolute Gasteiger partial charge is 0.362 e. The zero-order valence-corrected chi connectivity index (χ0v) is 20.1. The van der Waals surface area contributed by atoms with Crippen LogP contribution in [0.5, 0.6) is 0 Å². The molecular formula is C20H12Br2ClF5N4O. The van der Waals surface area contributed by atoms with Gasteiger partial charge >= 0.3 is 6.18 Å². The number of carbonyl (C=O) groups is 1. The number of hydrogen-bond acceptors (Lipinski definition) is 3. The second-order valence-corrected chi connectivity index (χ2v) is 9.34. The number of nitrogens with one attached hydrogen (secondary N) is 2. The van der Waals surface area contributed by atoms with E-state index in [0.717, 1.165) is 10.5 Å². The van der Waals surface area contributed by atoms with E-state index in [1.54, 1.807) is 24.3 Å². The molecule has 2 N–H and O–H groups in total. The number of halogens is 8. The first kappa shape index (κ1) is 24.0. The van der Waals surface area contributed by atoms with E-state index < -0.39 is 53.6 Å².